The van der Waals surface area contributed by atoms with E-state index in [4.69, 9.17) is 0 Å². The molecular formula is C11H18OS. The Kier molecular flexibility index (Phi) is 3.94. The van der Waals surface area contributed by atoms with Crippen LogP contribution in [0.2, 0.25) is 0 Å². The number of hydrogen-bond acceptors (Lipinski definition) is 2. The highest BCUT2D eigenvalue weighted by Gasteiger charge is 2.19. The SMILES string of the molecule is CC(C)C(Cc1ccsc1)C(C)O. The van der Waals surface area contributed by atoms with Gasteiger partial charge in [-0.15, -0.1) is 0 Å². The lowest BCUT2D eigenvalue weighted by Gasteiger charge is -2.23. The second-order valence-electron chi connectivity index (χ2n) is 3.98. The van der Waals surface area contributed by atoms with Crippen molar-refractivity contribution in [2.45, 2.75) is 33.3 Å². The summed E-state index contributed by atoms with van der Waals surface area (Å²) >= 11 is 1.72. The third-order valence-electron chi connectivity index (χ3n) is 2.53. The summed E-state index contributed by atoms with van der Waals surface area (Å²) in [5.41, 5.74) is 1.35. The van der Waals surface area contributed by atoms with Crippen LogP contribution in [0.25, 0.3) is 0 Å². The van der Waals surface area contributed by atoms with Gasteiger partial charge < -0.3 is 5.11 Å². The zero-order valence-corrected chi connectivity index (χ0v) is 9.34. The fourth-order valence-electron chi connectivity index (χ4n) is 1.64. The van der Waals surface area contributed by atoms with E-state index in [1.165, 1.54) is 5.56 Å². The van der Waals surface area contributed by atoms with Gasteiger partial charge in [0.25, 0.3) is 0 Å². The molecular weight excluding hydrogens is 180 g/mol. The molecule has 0 amide bonds. The molecule has 13 heavy (non-hydrogen) atoms. The van der Waals surface area contributed by atoms with Gasteiger partial charge in [0.05, 0.1) is 6.10 Å². The predicted molar refractivity (Wildman–Crippen MR) is 58.0 cm³/mol. The Morgan fingerprint density at radius 2 is 2.08 bits per heavy atom. The van der Waals surface area contributed by atoms with Crippen LogP contribution in [-0.2, 0) is 6.42 Å². The van der Waals surface area contributed by atoms with E-state index in [9.17, 15) is 5.11 Å². The maximum absolute atomic E-state index is 9.58. The molecule has 1 aromatic heterocycles. The Morgan fingerprint density at radius 3 is 2.46 bits per heavy atom. The zero-order chi connectivity index (χ0) is 9.84. The van der Waals surface area contributed by atoms with Crippen LogP contribution in [0.5, 0.6) is 0 Å². The molecule has 1 N–H and O–H groups in total. The molecule has 0 spiro atoms. The van der Waals surface area contributed by atoms with E-state index in [-0.39, 0.29) is 6.10 Å². The average molecular weight is 198 g/mol. The summed E-state index contributed by atoms with van der Waals surface area (Å²) in [5.74, 6) is 0.925. The lowest BCUT2D eigenvalue weighted by Crippen LogP contribution is -2.24. The van der Waals surface area contributed by atoms with E-state index in [1.807, 2.05) is 6.92 Å². The van der Waals surface area contributed by atoms with Crippen molar-refractivity contribution in [3.05, 3.63) is 22.4 Å². The van der Waals surface area contributed by atoms with Gasteiger partial charge in [-0.05, 0) is 47.6 Å². The van der Waals surface area contributed by atoms with Crippen LogP contribution in [0.1, 0.15) is 26.3 Å². The Morgan fingerprint density at radius 1 is 1.38 bits per heavy atom. The molecule has 0 radical (unpaired) electrons. The third-order valence-corrected chi connectivity index (χ3v) is 3.26. The van der Waals surface area contributed by atoms with E-state index in [0.717, 1.165) is 6.42 Å². The van der Waals surface area contributed by atoms with Gasteiger partial charge in [-0.1, -0.05) is 13.8 Å². The van der Waals surface area contributed by atoms with Crippen LogP contribution in [-0.4, -0.2) is 11.2 Å². The summed E-state index contributed by atoms with van der Waals surface area (Å²) < 4.78 is 0. The minimum absolute atomic E-state index is 0.208. The first-order valence-electron chi connectivity index (χ1n) is 4.80. The molecule has 0 bridgehead atoms. The van der Waals surface area contributed by atoms with E-state index in [0.29, 0.717) is 11.8 Å². The molecule has 2 heteroatoms. The Hall–Kier alpha value is -0.340. The molecule has 0 saturated carbocycles. The van der Waals surface area contributed by atoms with Crippen molar-refractivity contribution < 1.29 is 5.11 Å². The largest absolute Gasteiger partial charge is 0.393 e. The van der Waals surface area contributed by atoms with Gasteiger partial charge in [0.15, 0.2) is 0 Å². The van der Waals surface area contributed by atoms with Gasteiger partial charge in [-0.25, -0.2) is 0 Å². The van der Waals surface area contributed by atoms with E-state index >= 15 is 0 Å². The number of thiophene rings is 1. The van der Waals surface area contributed by atoms with Crippen LogP contribution in [0, 0.1) is 11.8 Å². The fourth-order valence-corrected chi connectivity index (χ4v) is 2.33. The van der Waals surface area contributed by atoms with E-state index in [2.05, 4.69) is 30.7 Å². The van der Waals surface area contributed by atoms with Gasteiger partial charge in [0, 0.05) is 0 Å². The van der Waals surface area contributed by atoms with Gasteiger partial charge in [0.2, 0.25) is 0 Å². The monoisotopic (exact) mass is 198 g/mol. The summed E-state index contributed by atoms with van der Waals surface area (Å²) in [6.07, 6.45) is 0.790. The first-order valence-corrected chi connectivity index (χ1v) is 5.74. The summed E-state index contributed by atoms with van der Waals surface area (Å²) in [6, 6.07) is 2.14. The summed E-state index contributed by atoms with van der Waals surface area (Å²) in [4.78, 5) is 0. The quantitative estimate of drug-likeness (QED) is 0.788. The molecule has 1 heterocycles. The topological polar surface area (TPSA) is 20.2 Å². The highest BCUT2D eigenvalue weighted by atomic mass is 32.1. The minimum atomic E-state index is -0.208. The molecule has 0 fully saturated rings. The zero-order valence-electron chi connectivity index (χ0n) is 8.53. The van der Waals surface area contributed by atoms with Crippen molar-refractivity contribution in [3.63, 3.8) is 0 Å². The maximum atomic E-state index is 9.58. The normalized spacial score (nSPS) is 16.1. The van der Waals surface area contributed by atoms with Gasteiger partial charge in [-0.2, -0.15) is 11.3 Å². The molecule has 1 rings (SSSR count). The molecule has 0 aliphatic carbocycles. The lowest BCUT2D eigenvalue weighted by molar-refractivity contribution is 0.0977. The van der Waals surface area contributed by atoms with E-state index in [1.54, 1.807) is 11.3 Å². The van der Waals surface area contributed by atoms with Gasteiger partial charge >= 0.3 is 0 Å². The Labute approximate surface area is 84.4 Å². The fraction of sp³-hybridized carbons (Fsp3) is 0.636. The predicted octanol–water partition coefficient (Wildman–Crippen LogP) is 2.94. The number of rotatable bonds is 4. The molecule has 1 aromatic rings. The van der Waals surface area contributed by atoms with Crippen molar-refractivity contribution in [3.8, 4) is 0 Å². The summed E-state index contributed by atoms with van der Waals surface area (Å²) in [6.45, 7) is 6.23. The van der Waals surface area contributed by atoms with E-state index < -0.39 is 0 Å². The number of aliphatic hydroxyl groups excluding tert-OH is 1. The third kappa shape index (κ3) is 3.12. The molecule has 2 unspecified atom stereocenters. The molecule has 0 aliphatic heterocycles. The molecule has 0 aliphatic rings. The second kappa shape index (κ2) is 4.77. The molecule has 1 nitrogen and oxygen atoms in total. The smallest absolute Gasteiger partial charge is 0.0545 e. The summed E-state index contributed by atoms with van der Waals surface area (Å²) in [7, 11) is 0. The second-order valence-corrected chi connectivity index (χ2v) is 4.76. The van der Waals surface area contributed by atoms with Gasteiger partial charge in [-0.3, -0.25) is 0 Å². The van der Waals surface area contributed by atoms with Crippen LogP contribution >= 0.6 is 11.3 Å². The maximum Gasteiger partial charge on any atom is 0.0545 e. The van der Waals surface area contributed by atoms with Gasteiger partial charge in [0.1, 0.15) is 0 Å². The lowest BCUT2D eigenvalue weighted by atomic mass is 9.86. The number of aliphatic hydroxyl groups is 1. The summed E-state index contributed by atoms with van der Waals surface area (Å²) in [5, 5.41) is 13.8. The van der Waals surface area contributed by atoms with Crippen molar-refractivity contribution in [2.24, 2.45) is 11.8 Å². The molecule has 0 aromatic carbocycles. The first-order chi connectivity index (χ1) is 6.11. The van der Waals surface area contributed by atoms with Crippen molar-refractivity contribution in [2.75, 3.05) is 0 Å². The van der Waals surface area contributed by atoms with Crippen LogP contribution in [0.4, 0.5) is 0 Å². The standard InChI is InChI=1S/C11H18OS/c1-8(2)11(9(3)12)6-10-4-5-13-7-10/h4-5,7-9,11-12H,6H2,1-3H3. The van der Waals surface area contributed by atoms with Crippen LogP contribution < -0.4 is 0 Å². The highest BCUT2D eigenvalue weighted by molar-refractivity contribution is 7.07. The first kappa shape index (κ1) is 10.7. The molecule has 74 valence electrons. The van der Waals surface area contributed by atoms with Crippen molar-refractivity contribution in [1.29, 1.82) is 0 Å². The molecule has 2 atom stereocenters. The molecule has 0 saturated heterocycles. The Balaban J connectivity index is 2.58. The minimum Gasteiger partial charge on any atom is -0.393 e. The van der Waals surface area contributed by atoms with Crippen LogP contribution in [0.15, 0.2) is 16.8 Å². The highest BCUT2D eigenvalue weighted by Crippen LogP contribution is 2.21. The van der Waals surface area contributed by atoms with Crippen molar-refractivity contribution >= 4 is 11.3 Å². The van der Waals surface area contributed by atoms with Crippen molar-refractivity contribution in [1.82, 2.24) is 0 Å². The van der Waals surface area contributed by atoms with Crippen LogP contribution in [0.3, 0.4) is 0 Å². The Bertz CT molecular complexity index is 218. The number of hydrogen-bond donors (Lipinski definition) is 1. The average Bonchev–Trinajstić information content (AvgIpc) is 2.50.